The molecule has 3 rings (SSSR count). The Hall–Kier alpha value is -0.620. The van der Waals surface area contributed by atoms with Crippen molar-refractivity contribution < 1.29 is 8.42 Å². The van der Waals surface area contributed by atoms with Crippen LogP contribution in [0.1, 0.15) is 24.9 Å². The second kappa shape index (κ2) is 6.48. The van der Waals surface area contributed by atoms with Crippen LogP contribution in [-0.4, -0.2) is 61.9 Å². The van der Waals surface area contributed by atoms with Gasteiger partial charge in [-0.05, 0) is 31.0 Å². The SMILES string of the molecule is C[C@@H](c1cccc(Cl)c1)N1CCN([C@H]2CCS(=O)(=O)C2)CC1. The molecule has 0 saturated carbocycles. The minimum Gasteiger partial charge on any atom is -0.297 e. The molecule has 2 fully saturated rings. The van der Waals surface area contributed by atoms with Crippen molar-refractivity contribution in [1.29, 1.82) is 0 Å². The lowest BCUT2D eigenvalue weighted by Gasteiger charge is -2.40. The Kier molecular flexibility index (Phi) is 4.78. The van der Waals surface area contributed by atoms with Gasteiger partial charge in [0.1, 0.15) is 0 Å². The van der Waals surface area contributed by atoms with E-state index >= 15 is 0 Å². The van der Waals surface area contributed by atoms with E-state index in [1.54, 1.807) is 0 Å². The molecule has 0 aliphatic carbocycles. The molecular formula is C16H23ClN2O2S. The zero-order valence-corrected chi connectivity index (χ0v) is 14.5. The predicted molar refractivity (Wildman–Crippen MR) is 90.1 cm³/mol. The largest absolute Gasteiger partial charge is 0.297 e. The van der Waals surface area contributed by atoms with Crippen LogP contribution in [-0.2, 0) is 9.84 Å². The van der Waals surface area contributed by atoms with Gasteiger partial charge < -0.3 is 0 Å². The summed E-state index contributed by atoms with van der Waals surface area (Å²) in [6.07, 6.45) is 0.798. The first-order valence-electron chi connectivity index (χ1n) is 7.88. The average Bonchev–Trinajstić information content (AvgIpc) is 2.87. The van der Waals surface area contributed by atoms with Crippen molar-refractivity contribution in [3.8, 4) is 0 Å². The van der Waals surface area contributed by atoms with E-state index in [0.717, 1.165) is 37.6 Å². The van der Waals surface area contributed by atoms with Crippen LogP contribution in [0.4, 0.5) is 0 Å². The summed E-state index contributed by atoms with van der Waals surface area (Å²) in [5.74, 6) is 0.702. The first-order valence-corrected chi connectivity index (χ1v) is 10.1. The summed E-state index contributed by atoms with van der Waals surface area (Å²) in [4.78, 5) is 4.80. The molecule has 6 heteroatoms. The molecule has 0 amide bonds. The van der Waals surface area contributed by atoms with Gasteiger partial charge in [-0.15, -0.1) is 0 Å². The van der Waals surface area contributed by atoms with E-state index in [4.69, 9.17) is 11.6 Å². The Balaban J connectivity index is 1.58. The molecule has 2 saturated heterocycles. The van der Waals surface area contributed by atoms with Crippen LogP contribution in [0.25, 0.3) is 0 Å². The summed E-state index contributed by atoms with van der Waals surface area (Å²) < 4.78 is 23.2. The van der Waals surface area contributed by atoms with Gasteiger partial charge in [-0.1, -0.05) is 23.7 Å². The zero-order valence-electron chi connectivity index (χ0n) is 12.9. The third kappa shape index (κ3) is 3.65. The monoisotopic (exact) mass is 342 g/mol. The molecule has 0 bridgehead atoms. The second-order valence-electron chi connectivity index (χ2n) is 6.36. The molecule has 1 aromatic carbocycles. The summed E-state index contributed by atoms with van der Waals surface area (Å²) in [6, 6.07) is 8.61. The Bertz CT molecular complexity index is 627. The van der Waals surface area contributed by atoms with Gasteiger partial charge in [0, 0.05) is 43.3 Å². The maximum Gasteiger partial charge on any atom is 0.151 e. The maximum atomic E-state index is 11.6. The third-order valence-electron chi connectivity index (χ3n) is 4.95. The average molecular weight is 343 g/mol. The molecule has 2 atom stereocenters. The highest BCUT2D eigenvalue weighted by Crippen LogP contribution is 2.26. The van der Waals surface area contributed by atoms with Crippen LogP contribution >= 0.6 is 11.6 Å². The highest BCUT2D eigenvalue weighted by atomic mass is 35.5. The molecule has 0 unspecified atom stereocenters. The molecule has 0 N–H and O–H groups in total. The van der Waals surface area contributed by atoms with Crippen molar-refractivity contribution in [3.63, 3.8) is 0 Å². The standard InChI is InChI=1S/C16H23ClN2O2S/c1-13(14-3-2-4-15(17)11-14)18-6-8-19(9-7-18)16-5-10-22(20,21)12-16/h2-4,11,13,16H,5-10,12H2,1H3/t13-,16-/m0/s1. The number of sulfone groups is 1. The molecule has 0 radical (unpaired) electrons. The second-order valence-corrected chi connectivity index (χ2v) is 9.02. The number of benzene rings is 1. The molecule has 4 nitrogen and oxygen atoms in total. The van der Waals surface area contributed by atoms with Gasteiger partial charge in [0.05, 0.1) is 11.5 Å². The summed E-state index contributed by atoms with van der Waals surface area (Å²) in [5.41, 5.74) is 1.24. The van der Waals surface area contributed by atoms with E-state index in [1.807, 2.05) is 18.2 Å². The minimum atomic E-state index is -2.79. The third-order valence-corrected chi connectivity index (χ3v) is 6.94. The summed E-state index contributed by atoms with van der Waals surface area (Å²) in [7, 11) is -2.79. The fourth-order valence-electron chi connectivity index (χ4n) is 3.53. The first kappa shape index (κ1) is 16.2. The number of nitrogens with zero attached hydrogens (tertiary/aromatic N) is 2. The van der Waals surface area contributed by atoms with Crippen molar-refractivity contribution >= 4 is 21.4 Å². The molecule has 22 heavy (non-hydrogen) atoms. The van der Waals surface area contributed by atoms with E-state index in [1.165, 1.54) is 5.56 Å². The molecule has 1 aromatic rings. The zero-order chi connectivity index (χ0) is 15.7. The van der Waals surface area contributed by atoms with Gasteiger partial charge in [0.25, 0.3) is 0 Å². The van der Waals surface area contributed by atoms with Crippen LogP contribution in [0.15, 0.2) is 24.3 Å². The van der Waals surface area contributed by atoms with Crippen LogP contribution in [0.3, 0.4) is 0 Å². The normalized spacial score (nSPS) is 27.8. The van der Waals surface area contributed by atoms with E-state index in [0.29, 0.717) is 17.5 Å². The summed E-state index contributed by atoms with van der Waals surface area (Å²) in [6.45, 7) is 6.06. The van der Waals surface area contributed by atoms with Crippen LogP contribution in [0.2, 0.25) is 5.02 Å². The molecule has 2 aliphatic rings. The van der Waals surface area contributed by atoms with Crippen molar-refractivity contribution in [1.82, 2.24) is 9.80 Å². The number of rotatable bonds is 3. The van der Waals surface area contributed by atoms with Crippen LogP contribution in [0, 0.1) is 0 Å². The van der Waals surface area contributed by atoms with Crippen molar-refractivity contribution in [2.45, 2.75) is 25.4 Å². The predicted octanol–water partition coefficient (Wildman–Crippen LogP) is 2.21. The first-order chi connectivity index (χ1) is 10.4. The quantitative estimate of drug-likeness (QED) is 0.844. The maximum absolute atomic E-state index is 11.6. The van der Waals surface area contributed by atoms with Crippen molar-refractivity contribution in [2.24, 2.45) is 0 Å². The molecular weight excluding hydrogens is 320 g/mol. The smallest absolute Gasteiger partial charge is 0.151 e. The van der Waals surface area contributed by atoms with Crippen molar-refractivity contribution in [3.05, 3.63) is 34.9 Å². The molecule has 2 heterocycles. The lowest BCUT2D eigenvalue weighted by atomic mass is 10.1. The van der Waals surface area contributed by atoms with E-state index < -0.39 is 9.84 Å². The number of hydrogen-bond acceptors (Lipinski definition) is 4. The van der Waals surface area contributed by atoms with Crippen LogP contribution in [0.5, 0.6) is 0 Å². The van der Waals surface area contributed by atoms with E-state index in [2.05, 4.69) is 22.8 Å². The van der Waals surface area contributed by atoms with Crippen LogP contribution < -0.4 is 0 Å². The number of hydrogen-bond donors (Lipinski definition) is 0. The van der Waals surface area contributed by atoms with Crippen molar-refractivity contribution in [2.75, 3.05) is 37.7 Å². The Morgan fingerprint density at radius 1 is 1.23 bits per heavy atom. The Morgan fingerprint density at radius 3 is 2.55 bits per heavy atom. The lowest BCUT2D eigenvalue weighted by molar-refractivity contribution is 0.0803. The van der Waals surface area contributed by atoms with E-state index in [9.17, 15) is 8.42 Å². The fraction of sp³-hybridized carbons (Fsp3) is 0.625. The van der Waals surface area contributed by atoms with Gasteiger partial charge in [-0.3, -0.25) is 9.80 Å². The Morgan fingerprint density at radius 2 is 1.95 bits per heavy atom. The molecule has 0 aromatic heterocycles. The number of halogens is 1. The topological polar surface area (TPSA) is 40.6 Å². The molecule has 0 spiro atoms. The molecule has 2 aliphatic heterocycles. The Labute approximate surface area is 138 Å². The van der Waals surface area contributed by atoms with Gasteiger partial charge in [0.2, 0.25) is 0 Å². The highest BCUT2D eigenvalue weighted by Gasteiger charge is 2.34. The fourth-order valence-corrected chi connectivity index (χ4v) is 5.49. The van der Waals surface area contributed by atoms with Gasteiger partial charge in [-0.2, -0.15) is 0 Å². The minimum absolute atomic E-state index is 0.230. The van der Waals surface area contributed by atoms with Gasteiger partial charge >= 0.3 is 0 Å². The van der Waals surface area contributed by atoms with Gasteiger partial charge in [-0.25, -0.2) is 8.42 Å². The number of piperazine rings is 1. The van der Waals surface area contributed by atoms with E-state index in [-0.39, 0.29) is 6.04 Å². The molecule has 122 valence electrons. The summed E-state index contributed by atoms with van der Waals surface area (Å²) in [5, 5.41) is 0.777. The summed E-state index contributed by atoms with van der Waals surface area (Å²) >= 11 is 6.08. The highest BCUT2D eigenvalue weighted by molar-refractivity contribution is 7.91. The van der Waals surface area contributed by atoms with Gasteiger partial charge in [0.15, 0.2) is 9.84 Å². The lowest BCUT2D eigenvalue weighted by Crippen LogP contribution is -2.51.